The van der Waals surface area contributed by atoms with E-state index in [1.165, 1.54) is 25.7 Å². The molecule has 0 saturated heterocycles. The zero-order valence-corrected chi connectivity index (χ0v) is 12.9. The van der Waals surface area contributed by atoms with Gasteiger partial charge in [-0.1, -0.05) is 51.2 Å². The van der Waals surface area contributed by atoms with Crippen LogP contribution in [0.15, 0.2) is 24.3 Å². The Kier molecular flexibility index (Phi) is 6.54. The Morgan fingerprint density at radius 3 is 2.50 bits per heavy atom. The van der Waals surface area contributed by atoms with Crippen molar-refractivity contribution >= 4 is 5.97 Å². The SMILES string of the molecule is CCCCCCCCOC(=O)c1ccc(-c2nn[nH]n2)cc1. The predicted octanol–water partition coefficient (Wildman–Crippen LogP) is 3.38. The summed E-state index contributed by atoms with van der Waals surface area (Å²) in [5.74, 6) is 0.222. The van der Waals surface area contributed by atoms with Crippen LogP contribution < -0.4 is 0 Å². The number of tetrazole rings is 1. The summed E-state index contributed by atoms with van der Waals surface area (Å²) in [5.41, 5.74) is 1.35. The fourth-order valence-electron chi connectivity index (χ4n) is 2.17. The van der Waals surface area contributed by atoms with E-state index in [4.69, 9.17) is 4.74 Å². The van der Waals surface area contributed by atoms with Gasteiger partial charge in [0.15, 0.2) is 0 Å². The number of benzene rings is 1. The molecular formula is C16H22N4O2. The second-order valence-corrected chi connectivity index (χ2v) is 5.22. The maximum atomic E-state index is 11.9. The molecule has 6 nitrogen and oxygen atoms in total. The van der Waals surface area contributed by atoms with Crippen molar-refractivity contribution in [2.24, 2.45) is 0 Å². The van der Waals surface area contributed by atoms with Crippen molar-refractivity contribution < 1.29 is 9.53 Å². The Morgan fingerprint density at radius 1 is 1.09 bits per heavy atom. The molecule has 0 spiro atoms. The number of rotatable bonds is 9. The third kappa shape index (κ3) is 4.95. The lowest BCUT2D eigenvalue weighted by Crippen LogP contribution is -2.06. The summed E-state index contributed by atoms with van der Waals surface area (Å²) >= 11 is 0. The fraction of sp³-hybridized carbons (Fsp3) is 0.500. The van der Waals surface area contributed by atoms with Crippen LogP contribution in [0.5, 0.6) is 0 Å². The van der Waals surface area contributed by atoms with Gasteiger partial charge in [0.1, 0.15) is 0 Å². The first kappa shape index (κ1) is 16.1. The van der Waals surface area contributed by atoms with Crippen LogP contribution >= 0.6 is 0 Å². The first-order valence-corrected chi connectivity index (χ1v) is 7.82. The van der Waals surface area contributed by atoms with Crippen molar-refractivity contribution in [3.05, 3.63) is 29.8 Å². The highest BCUT2D eigenvalue weighted by atomic mass is 16.5. The minimum absolute atomic E-state index is 0.284. The summed E-state index contributed by atoms with van der Waals surface area (Å²) < 4.78 is 5.28. The van der Waals surface area contributed by atoms with E-state index in [1.807, 2.05) is 0 Å². The van der Waals surface area contributed by atoms with Crippen LogP contribution in [0.2, 0.25) is 0 Å². The number of hydrogen-bond donors (Lipinski definition) is 1. The lowest BCUT2D eigenvalue weighted by molar-refractivity contribution is 0.0497. The van der Waals surface area contributed by atoms with Crippen LogP contribution in [-0.4, -0.2) is 33.2 Å². The summed E-state index contributed by atoms with van der Waals surface area (Å²) in [5, 5.41) is 13.7. The number of unbranched alkanes of at least 4 members (excludes halogenated alkanes) is 5. The third-order valence-corrected chi connectivity index (χ3v) is 3.46. The van der Waals surface area contributed by atoms with Gasteiger partial charge < -0.3 is 4.74 Å². The summed E-state index contributed by atoms with van der Waals surface area (Å²) in [7, 11) is 0. The molecule has 0 atom stereocenters. The molecule has 0 unspecified atom stereocenters. The minimum Gasteiger partial charge on any atom is -0.462 e. The standard InChI is InChI=1S/C16H22N4O2/c1-2-3-4-5-6-7-12-22-16(21)14-10-8-13(9-11-14)15-17-19-20-18-15/h8-11H,2-7,12H2,1H3,(H,17,18,19,20). The number of hydrogen-bond acceptors (Lipinski definition) is 5. The molecule has 0 radical (unpaired) electrons. The van der Waals surface area contributed by atoms with Crippen LogP contribution in [0.1, 0.15) is 55.8 Å². The Bertz CT molecular complexity index is 552. The lowest BCUT2D eigenvalue weighted by Gasteiger charge is -2.05. The third-order valence-electron chi connectivity index (χ3n) is 3.46. The molecule has 118 valence electrons. The molecule has 2 rings (SSSR count). The number of esters is 1. The molecule has 2 aromatic rings. The van der Waals surface area contributed by atoms with Gasteiger partial charge in [0.2, 0.25) is 5.82 Å². The molecule has 0 aliphatic heterocycles. The molecule has 1 N–H and O–H groups in total. The van der Waals surface area contributed by atoms with Crippen molar-refractivity contribution in [3.63, 3.8) is 0 Å². The number of carbonyl (C=O) groups is 1. The van der Waals surface area contributed by atoms with Gasteiger partial charge in [0.25, 0.3) is 0 Å². The maximum absolute atomic E-state index is 11.9. The quantitative estimate of drug-likeness (QED) is 0.567. The van der Waals surface area contributed by atoms with Crippen molar-refractivity contribution in [2.45, 2.75) is 45.4 Å². The summed E-state index contributed by atoms with van der Waals surface area (Å²) in [4.78, 5) is 11.9. The molecular weight excluding hydrogens is 280 g/mol. The van der Waals surface area contributed by atoms with E-state index in [0.717, 1.165) is 18.4 Å². The summed E-state index contributed by atoms with van der Waals surface area (Å²) in [6.07, 6.45) is 7.05. The summed E-state index contributed by atoms with van der Waals surface area (Å²) in [6.45, 7) is 2.68. The Hall–Kier alpha value is -2.24. The first-order chi connectivity index (χ1) is 10.8. The van der Waals surface area contributed by atoms with Crippen LogP contribution in [0.3, 0.4) is 0 Å². The average molecular weight is 302 g/mol. The molecule has 0 saturated carbocycles. The summed E-state index contributed by atoms with van der Waals surface area (Å²) in [6, 6.07) is 7.00. The molecule has 0 bridgehead atoms. The van der Waals surface area contributed by atoms with Gasteiger partial charge in [-0.15, -0.1) is 10.2 Å². The maximum Gasteiger partial charge on any atom is 0.338 e. The number of carbonyl (C=O) groups excluding carboxylic acids is 1. The van der Waals surface area contributed by atoms with Gasteiger partial charge in [0, 0.05) is 5.56 Å². The number of nitrogens with one attached hydrogen (secondary N) is 1. The van der Waals surface area contributed by atoms with Crippen LogP contribution in [0.25, 0.3) is 11.4 Å². The monoisotopic (exact) mass is 302 g/mol. The molecule has 1 aromatic carbocycles. The zero-order valence-electron chi connectivity index (χ0n) is 12.9. The van der Waals surface area contributed by atoms with Crippen molar-refractivity contribution in [1.82, 2.24) is 20.6 Å². The van der Waals surface area contributed by atoms with Crippen LogP contribution in [0, 0.1) is 0 Å². The number of ether oxygens (including phenoxy) is 1. The highest BCUT2D eigenvalue weighted by molar-refractivity contribution is 5.89. The molecule has 0 aliphatic carbocycles. The molecule has 0 amide bonds. The van der Waals surface area contributed by atoms with Gasteiger partial charge in [-0.25, -0.2) is 4.79 Å². The van der Waals surface area contributed by atoms with E-state index in [2.05, 4.69) is 27.5 Å². The average Bonchev–Trinajstić information content (AvgIpc) is 3.08. The topological polar surface area (TPSA) is 80.8 Å². The minimum atomic E-state index is -0.284. The van der Waals surface area contributed by atoms with Gasteiger partial charge in [-0.2, -0.15) is 5.21 Å². The van der Waals surface area contributed by atoms with Crippen molar-refractivity contribution in [3.8, 4) is 11.4 Å². The number of aromatic nitrogens is 4. The van der Waals surface area contributed by atoms with Crippen molar-refractivity contribution in [1.29, 1.82) is 0 Å². The lowest BCUT2D eigenvalue weighted by atomic mass is 10.1. The number of H-pyrrole nitrogens is 1. The second-order valence-electron chi connectivity index (χ2n) is 5.22. The van der Waals surface area contributed by atoms with Gasteiger partial charge in [-0.3, -0.25) is 0 Å². The van der Waals surface area contributed by atoms with E-state index < -0.39 is 0 Å². The highest BCUT2D eigenvalue weighted by Crippen LogP contribution is 2.14. The first-order valence-electron chi connectivity index (χ1n) is 7.82. The molecule has 1 heterocycles. The normalized spacial score (nSPS) is 10.6. The molecule has 1 aromatic heterocycles. The zero-order chi connectivity index (χ0) is 15.6. The van der Waals surface area contributed by atoms with Crippen molar-refractivity contribution in [2.75, 3.05) is 6.61 Å². The predicted molar refractivity (Wildman–Crippen MR) is 83.3 cm³/mol. The van der Waals surface area contributed by atoms with E-state index in [0.29, 0.717) is 18.0 Å². The number of nitrogens with zero attached hydrogens (tertiary/aromatic N) is 3. The Labute approximate surface area is 130 Å². The second kappa shape index (κ2) is 8.92. The van der Waals surface area contributed by atoms with E-state index in [-0.39, 0.29) is 5.97 Å². The molecule has 0 fully saturated rings. The Morgan fingerprint density at radius 2 is 1.82 bits per heavy atom. The van der Waals surface area contributed by atoms with Gasteiger partial charge in [-0.05, 0) is 23.8 Å². The smallest absolute Gasteiger partial charge is 0.338 e. The molecule has 0 aliphatic rings. The molecule has 6 heteroatoms. The van der Waals surface area contributed by atoms with E-state index in [1.54, 1.807) is 24.3 Å². The van der Waals surface area contributed by atoms with Crippen LogP contribution in [0.4, 0.5) is 0 Å². The highest BCUT2D eigenvalue weighted by Gasteiger charge is 2.08. The van der Waals surface area contributed by atoms with Gasteiger partial charge >= 0.3 is 5.97 Å². The Balaban J connectivity index is 1.71. The molecule has 22 heavy (non-hydrogen) atoms. The largest absolute Gasteiger partial charge is 0.462 e. The van der Waals surface area contributed by atoms with Gasteiger partial charge in [0.05, 0.1) is 12.2 Å². The van der Waals surface area contributed by atoms with E-state index in [9.17, 15) is 4.79 Å². The fourth-order valence-corrected chi connectivity index (χ4v) is 2.17. The van der Waals surface area contributed by atoms with Crippen LogP contribution in [-0.2, 0) is 4.74 Å². The van der Waals surface area contributed by atoms with E-state index >= 15 is 0 Å². The number of aromatic amines is 1.